The summed E-state index contributed by atoms with van der Waals surface area (Å²) in [4.78, 5) is 13.9. The second-order valence-electron chi connectivity index (χ2n) is 5.44. The Balaban J connectivity index is 1.98. The van der Waals surface area contributed by atoms with Crippen LogP contribution in [-0.4, -0.2) is 59.6 Å². The molecule has 1 N–H and O–H groups in total. The van der Waals surface area contributed by atoms with Crippen LogP contribution in [0.2, 0.25) is 0 Å². The second kappa shape index (κ2) is 6.05. The summed E-state index contributed by atoms with van der Waals surface area (Å²) >= 11 is 0. The van der Waals surface area contributed by atoms with Crippen LogP contribution >= 0.6 is 0 Å². The Labute approximate surface area is 121 Å². The zero-order chi connectivity index (χ0) is 14.9. The fourth-order valence-corrected chi connectivity index (χ4v) is 3.96. The van der Waals surface area contributed by atoms with Crippen molar-refractivity contribution >= 4 is 16.7 Å². The molecule has 0 radical (unpaired) electrons. The summed E-state index contributed by atoms with van der Waals surface area (Å²) in [5.41, 5.74) is 0.829. The van der Waals surface area contributed by atoms with Crippen LogP contribution in [0.25, 0.3) is 0 Å². The highest BCUT2D eigenvalue weighted by atomic mass is 32.2. The molecule has 1 saturated heterocycles. The molecule has 2 heterocycles. The van der Waals surface area contributed by atoms with Crippen molar-refractivity contribution in [1.29, 1.82) is 0 Å². The first-order valence-electron chi connectivity index (χ1n) is 6.72. The first kappa shape index (κ1) is 15.2. The van der Waals surface area contributed by atoms with Crippen LogP contribution in [0.5, 0.6) is 0 Å². The molecular weight excluding hydrogens is 278 g/mol. The van der Waals surface area contributed by atoms with Gasteiger partial charge in [0.15, 0.2) is 0 Å². The lowest BCUT2D eigenvalue weighted by atomic mass is 10.1. The molecule has 0 bridgehead atoms. The number of carbonyl (C=O) groups excluding carboxylic acids is 1. The summed E-state index contributed by atoms with van der Waals surface area (Å²) < 4.78 is 13.5. The Bertz CT molecular complexity index is 503. The molecule has 0 aromatic carbocycles. The Kier molecular flexibility index (Phi) is 4.59. The van der Waals surface area contributed by atoms with Crippen molar-refractivity contribution in [1.82, 2.24) is 14.7 Å². The van der Waals surface area contributed by atoms with Gasteiger partial charge in [-0.2, -0.15) is 5.10 Å². The van der Waals surface area contributed by atoms with Gasteiger partial charge in [-0.15, -0.1) is 0 Å². The first-order valence-corrected chi connectivity index (χ1v) is 8.00. The number of aliphatic hydroxyl groups excluding tert-OH is 1. The largest absolute Gasteiger partial charge is 0.383 e. The monoisotopic (exact) mass is 299 g/mol. The van der Waals surface area contributed by atoms with Crippen LogP contribution in [-0.2, 0) is 29.1 Å². The molecule has 112 valence electrons. The van der Waals surface area contributed by atoms with E-state index in [2.05, 4.69) is 5.10 Å². The molecule has 2 rings (SSSR count). The van der Waals surface area contributed by atoms with Crippen molar-refractivity contribution in [2.45, 2.75) is 36.9 Å². The maximum atomic E-state index is 12.3. The summed E-state index contributed by atoms with van der Waals surface area (Å²) in [6, 6.07) is 0. The summed E-state index contributed by atoms with van der Waals surface area (Å²) in [6.45, 7) is 4.64. The van der Waals surface area contributed by atoms with E-state index in [0.29, 0.717) is 13.1 Å². The molecule has 1 aromatic heterocycles. The van der Waals surface area contributed by atoms with E-state index in [0.717, 1.165) is 5.56 Å². The van der Waals surface area contributed by atoms with Gasteiger partial charge in [0.1, 0.15) is 6.10 Å². The number of hydrogen-bond acceptors (Lipinski definition) is 4. The van der Waals surface area contributed by atoms with Crippen molar-refractivity contribution < 1.29 is 14.1 Å². The highest BCUT2D eigenvalue weighted by molar-refractivity contribution is 7.86. The van der Waals surface area contributed by atoms with Gasteiger partial charge < -0.3 is 10.0 Å². The minimum atomic E-state index is -1.06. The van der Waals surface area contributed by atoms with E-state index in [4.69, 9.17) is 0 Å². The maximum absolute atomic E-state index is 12.3. The van der Waals surface area contributed by atoms with Crippen molar-refractivity contribution in [3.05, 3.63) is 18.0 Å². The first-order chi connectivity index (χ1) is 9.38. The Hall–Kier alpha value is -1.21. The van der Waals surface area contributed by atoms with Crippen molar-refractivity contribution in [3.63, 3.8) is 0 Å². The lowest BCUT2D eigenvalue weighted by molar-refractivity contribution is -0.140. The Morgan fingerprint density at radius 3 is 2.60 bits per heavy atom. The summed E-state index contributed by atoms with van der Waals surface area (Å²) in [7, 11) is 0.889. The summed E-state index contributed by atoms with van der Waals surface area (Å²) in [5.74, 6) is -0.288. The molecule has 0 aliphatic carbocycles. The third-order valence-electron chi connectivity index (χ3n) is 3.53. The topological polar surface area (TPSA) is 75.4 Å². The van der Waals surface area contributed by atoms with Crippen LogP contribution in [0.15, 0.2) is 12.4 Å². The average Bonchev–Trinajstić information content (AvgIpc) is 2.79. The van der Waals surface area contributed by atoms with Gasteiger partial charge in [0.2, 0.25) is 0 Å². The molecule has 6 nitrogen and oxygen atoms in total. The van der Waals surface area contributed by atoms with E-state index in [1.807, 2.05) is 13.8 Å². The molecular formula is C13H21N3O3S. The van der Waals surface area contributed by atoms with Gasteiger partial charge in [0, 0.05) is 54.1 Å². The van der Waals surface area contributed by atoms with Gasteiger partial charge in [-0.1, -0.05) is 0 Å². The van der Waals surface area contributed by atoms with Gasteiger partial charge in [-0.3, -0.25) is 13.7 Å². The molecule has 3 atom stereocenters. The summed E-state index contributed by atoms with van der Waals surface area (Å²) in [5, 5.41) is 14.0. The molecule has 20 heavy (non-hydrogen) atoms. The van der Waals surface area contributed by atoms with Gasteiger partial charge >= 0.3 is 0 Å². The number of aliphatic hydroxyl groups is 1. The molecule has 1 aliphatic heterocycles. The fourth-order valence-electron chi connectivity index (χ4n) is 2.52. The lowest BCUT2D eigenvalue weighted by Crippen LogP contribution is -2.52. The second-order valence-corrected chi connectivity index (χ2v) is 7.70. The van der Waals surface area contributed by atoms with Gasteiger partial charge in [-0.25, -0.2) is 0 Å². The number of nitrogens with zero attached hydrogens (tertiary/aromatic N) is 3. The van der Waals surface area contributed by atoms with Crippen molar-refractivity contribution in [3.8, 4) is 0 Å². The Morgan fingerprint density at radius 2 is 2.10 bits per heavy atom. The number of hydrogen-bond donors (Lipinski definition) is 1. The zero-order valence-corrected chi connectivity index (χ0v) is 12.8. The average molecular weight is 299 g/mol. The number of carbonyl (C=O) groups is 1. The van der Waals surface area contributed by atoms with Crippen LogP contribution < -0.4 is 0 Å². The number of rotatable bonds is 3. The van der Waals surface area contributed by atoms with E-state index < -0.39 is 16.9 Å². The van der Waals surface area contributed by atoms with Crippen LogP contribution in [0.3, 0.4) is 0 Å². The third kappa shape index (κ3) is 3.27. The normalized spacial score (nSPS) is 28.4. The highest BCUT2D eigenvalue weighted by Crippen LogP contribution is 2.16. The standard InChI is InChI=1S/C13H21N3O3S/c1-9-6-16(7-10(2)20(9)19)13(18)12(17)4-11-5-14-15(3)8-11/h5,8-10,12,17H,4,6-7H2,1-3H3. The smallest absolute Gasteiger partial charge is 0.251 e. The predicted octanol–water partition coefficient (Wildman–Crippen LogP) is -0.309. The maximum Gasteiger partial charge on any atom is 0.251 e. The van der Waals surface area contributed by atoms with Crippen LogP contribution in [0, 0.1) is 0 Å². The molecule has 3 unspecified atom stereocenters. The van der Waals surface area contributed by atoms with Crippen LogP contribution in [0.4, 0.5) is 0 Å². The van der Waals surface area contributed by atoms with Crippen molar-refractivity contribution in [2.75, 3.05) is 13.1 Å². The van der Waals surface area contributed by atoms with Crippen LogP contribution in [0.1, 0.15) is 19.4 Å². The molecule has 1 amide bonds. The minimum Gasteiger partial charge on any atom is -0.383 e. The Morgan fingerprint density at radius 1 is 1.50 bits per heavy atom. The van der Waals surface area contributed by atoms with Crippen molar-refractivity contribution in [2.24, 2.45) is 7.05 Å². The third-order valence-corrected chi connectivity index (χ3v) is 5.42. The zero-order valence-electron chi connectivity index (χ0n) is 12.0. The van der Waals surface area contributed by atoms with E-state index in [1.54, 1.807) is 29.0 Å². The lowest BCUT2D eigenvalue weighted by Gasteiger charge is -2.35. The van der Waals surface area contributed by atoms with Gasteiger partial charge in [0.05, 0.1) is 6.20 Å². The van der Waals surface area contributed by atoms with E-state index in [1.165, 1.54) is 0 Å². The quantitative estimate of drug-likeness (QED) is 0.831. The number of amides is 1. The summed E-state index contributed by atoms with van der Waals surface area (Å²) in [6.07, 6.45) is 2.62. The molecule has 7 heteroatoms. The predicted molar refractivity (Wildman–Crippen MR) is 76.6 cm³/mol. The van der Waals surface area contributed by atoms with Gasteiger partial charge in [0.25, 0.3) is 5.91 Å². The number of aryl methyl sites for hydroxylation is 1. The molecule has 1 fully saturated rings. The van der Waals surface area contributed by atoms with Gasteiger partial charge in [-0.05, 0) is 19.4 Å². The molecule has 1 aromatic rings. The molecule has 0 saturated carbocycles. The molecule has 0 spiro atoms. The van der Waals surface area contributed by atoms with E-state index >= 15 is 0 Å². The number of aromatic nitrogens is 2. The van der Waals surface area contributed by atoms with E-state index in [-0.39, 0.29) is 22.8 Å². The van der Waals surface area contributed by atoms with E-state index in [9.17, 15) is 14.1 Å². The highest BCUT2D eigenvalue weighted by Gasteiger charge is 2.33. The minimum absolute atomic E-state index is 0.0479. The fraction of sp³-hybridized carbons (Fsp3) is 0.692. The SMILES string of the molecule is CC1CN(C(=O)C(O)Cc2cnn(C)c2)CC(C)S1=O. The molecule has 1 aliphatic rings.